The van der Waals surface area contributed by atoms with Crippen molar-refractivity contribution in [2.75, 3.05) is 5.32 Å². The second-order valence-corrected chi connectivity index (χ2v) is 7.11. The van der Waals surface area contributed by atoms with Crippen LogP contribution < -0.4 is 5.32 Å². The highest BCUT2D eigenvalue weighted by Gasteiger charge is 2.16. The van der Waals surface area contributed by atoms with E-state index in [9.17, 15) is 14.9 Å². The van der Waals surface area contributed by atoms with E-state index >= 15 is 0 Å². The third kappa shape index (κ3) is 4.95. The highest BCUT2D eigenvalue weighted by molar-refractivity contribution is 7.15. The number of carbonyl (C=O) groups excluding carboxylic acids is 1. The first-order valence-corrected chi connectivity index (χ1v) is 9.27. The van der Waals surface area contributed by atoms with E-state index in [1.807, 2.05) is 18.2 Å². The molecule has 0 aliphatic rings. The van der Waals surface area contributed by atoms with Gasteiger partial charge in [-0.15, -0.1) is 10.2 Å². The zero-order valence-corrected chi connectivity index (χ0v) is 15.5. The fourth-order valence-corrected chi connectivity index (χ4v) is 3.39. The molecule has 3 aromatic rings. The quantitative estimate of drug-likeness (QED) is 0.488. The van der Waals surface area contributed by atoms with Crippen LogP contribution in [0.5, 0.6) is 0 Å². The van der Waals surface area contributed by atoms with Crippen molar-refractivity contribution in [3.8, 4) is 0 Å². The molecule has 0 bridgehead atoms. The molecule has 0 fully saturated rings. The van der Waals surface area contributed by atoms with Gasteiger partial charge in [0.1, 0.15) is 5.01 Å². The second kappa shape index (κ2) is 8.50. The average molecular weight is 382 g/mol. The van der Waals surface area contributed by atoms with Crippen LogP contribution in [0.3, 0.4) is 0 Å². The number of rotatable bonds is 7. The first kappa shape index (κ1) is 18.7. The van der Waals surface area contributed by atoms with Crippen molar-refractivity contribution in [3.05, 3.63) is 80.3 Å². The number of aromatic nitrogens is 2. The van der Waals surface area contributed by atoms with E-state index in [0.29, 0.717) is 10.7 Å². The summed E-state index contributed by atoms with van der Waals surface area (Å²) in [6.07, 6.45) is 2.67. The number of benzene rings is 2. The molecule has 8 heteroatoms. The van der Waals surface area contributed by atoms with Crippen LogP contribution in [0.15, 0.2) is 48.5 Å². The maximum absolute atomic E-state index is 12.3. The van der Waals surface area contributed by atoms with E-state index in [2.05, 4.69) is 27.6 Å². The molecule has 0 saturated carbocycles. The lowest BCUT2D eigenvalue weighted by Crippen LogP contribution is -2.12. The third-order valence-corrected chi connectivity index (χ3v) is 4.95. The molecule has 2 aromatic carbocycles. The summed E-state index contributed by atoms with van der Waals surface area (Å²) >= 11 is 1.32. The molecule has 1 heterocycles. The van der Waals surface area contributed by atoms with Crippen LogP contribution in [0.4, 0.5) is 10.8 Å². The van der Waals surface area contributed by atoms with Crippen LogP contribution in [-0.2, 0) is 12.8 Å². The Labute approximate surface area is 160 Å². The van der Waals surface area contributed by atoms with E-state index in [-0.39, 0.29) is 11.3 Å². The topological polar surface area (TPSA) is 98.0 Å². The van der Waals surface area contributed by atoms with Gasteiger partial charge in [-0.2, -0.15) is 0 Å². The molecule has 1 aromatic heterocycles. The lowest BCUT2D eigenvalue weighted by Gasteiger charge is -2.03. The smallest absolute Gasteiger partial charge is 0.273 e. The van der Waals surface area contributed by atoms with Crippen molar-refractivity contribution in [1.29, 1.82) is 0 Å². The lowest BCUT2D eigenvalue weighted by molar-refractivity contribution is -0.385. The van der Waals surface area contributed by atoms with Crippen LogP contribution >= 0.6 is 11.3 Å². The minimum Gasteiger partial charge on any atom is -0.296 e. The van der Waals surface area contributed by atoms with E-state index in [1.54, 1.807) is 19.1 Å². The summed E-state index contributed by atoms with van der Waals surface area (Å²) in [6.45, 7) is 1.63. The average Bonchev–Trinajstić information content (AvgIpc) is 3.10. The van der Waals surface area contributed by atoms with Crippen molar-refractivity contribution in [2.45, 2.75) is 26.2 Å². The number of anilines is 1. The molecule has 1 N–H and O–H groups in total. The number of hydrogen-bond acceptors (Lipinski definition) is 6. The monoisotopic (exact) mass is 382 g/mol. The molecule has 0 atom stereocenters. The second-order valence-electron chi connectivity index (χ2n) is 6.05. The van der Waals surface area contributed by atoms with Gasteiger partial charge in [0.05, 0.1) is 4.92 Å². The number of carbonyl (C=O) groups is 1. The Balaban J connectivity index is 1.58. The van der Waals surface area contributed by atoms with Gasteiger partial charge < -0.3 is 0 Å². The zero-order chi connectivity index (χ0) is 19.2. The van der Waals surface area contributed by atoms with Gasteiger partial charge in [-0.05, 0) is 31.4 Å². The summed E-state index contributed by atoms with van der Waals surface area (Å²) in [7, 11) is 0. The summed E-state index contributed by atoms with van der Waals surface area (Å²) < 4.78 is 0. The Hall–Kier alpha value is -3.13. The fourth-order valence-electron chi connectivity index (χ4n) is 2.61. The number of nitrogens with one attached hydrogen (secondary N) is 1. The number of hydrogen-bond donors (Lipinski definition) is 1. The van der Waals surface area contributed by atoms with Crippen molar-refractivity contribution in [3.63, 3.8) is 0 Å². The van der Waals surface area contributed by atoms with E-state index < -0.39 is 10.8 Å². The van der Waals surface area contributed by atoms with Crippen molar-refractivity contribution < 1.29 is 9.72 Å². The molecule has 0 saturated heterocycles. The Kier molecular flexibility index (Phi) is 5.87. The lowest BCUT2D eigenvalue weighted by atomic mass is 10.1. The number of aryl methyl sites for hydroxylation is 3. The number of amides is 1. The van der Waals surface area contributed by atoms with E-state index in [0.717, 1.165) is 24.3 Å². The predicted molar refractivity (Wildman–Crippen MR) is 104 cm³/mol. The van der Waals surface area contributed by atoms with E-state index in [1.165, 1.54) is 23.0 Å². The summed E-state index contributed by atoms with van der Waals surface area (Å²) in [5, 5.41) is 23.0. The van der Waals surface area contributed by atoms with E-state index in [4.69, 9.17) is 0 Å². The summed E-state index contributed by atoms with van der Waals surface area (Å²) in [4.78, 5) is 22.8. The normalized spacial score (nSPS) is 10.6. The van der Waals surface area contributed by atoms with Gasteiger partial charge in [0.25, 0.3) is 11.6 Å². The molecule has 0 aliphatic heterocycles. The van der Waals surface area contributed by atoms with Gasteiger partial charge in [-0.25, -0.2) is 0 Å². The third-order valence-electron chi connectivity index (χ3n) is 4.05. The highest BCUT2D eigenvalue weighted by atomic mass is 32.1. The molecule has 27 heavy (non-hydrogen) atoms. The maximum Gasteiger partial charge on any atom is 0.273 e. The zero-order valence-electron chi connectivity index (χ0n) is 14.7. The Morgan fingerprint density at radius 3 is 2.67 bits per heavy atom. The number of nitro benzene ring substituents is 1. The molecular weight excluding hydrogens is 364 g/mol. The largest absolute Gasteiger partial charge is 0.296 e. The van der Waals surface area contributed by atoms with Crippen molar-refractivity contribution >= 4 is 28.1 Å². The molecule has 0 radical (unpaired) electrons. The Bertz CT molecular complexity index is 957. The van der Waals surface area contributed by atoms with Crippen LogP contribution in [-0.4, -0.2) is 21.0 Å². The SMILES string of the molecule is Cc1ccc(C(=O)Nc2nnc(CCCc3ccccc3)s2)cc1[N+](=O)[O-]. The number of nitro groups is 1. The summed E-state index contributed by atoms with van der Waals surface area (Å²) in [5.41, 5.74) is 1.92. The van der Waals surface area contributed by atoms with Crippen molar-refractivity contribution in [1.82, 2.24) is 10.2 Å². The van der Waals surface area contributed by atoms with Gasteiger partial charge in [-0.1, -0.05) is 47.7 Å². The molecule has 0 spiro atoms. The first-order valence-electron chi connectivity index (χ1n) is 8.45. The Morgan fingerprint density at radius 1 is 1.15 bits per heavy atom. The van der Waals surface area contributed by atoms with Gasteiger partial charge in [0, 0.05) is 23.6 Å². The minimum absolute atomic E-state index is 0.0819. The van der Waals surface area contributed by atoms with Crippen LogP contribution in [0, 0.1) is 17.0 Å². The molecule has 3 rings (SSSR count). The Morgan fingerprint density at radius 2 is 1.93 bits per heavy atom. The van der Waals surface area contributed by atoms with Crippen molar-refractivity contribution in [2.24, 2.45) is 0 Å². The van der Waals surface area contributed by atoms with Gasteiger partial charge >= 0.3 is 0 Å². The minimum atomic E-state index is -0.498. The van der Waals surface area contributed by atoms with Gasteiger partial charge in [-0.3, -0.25) is 20.2 Å². The maximum atomic E-state index is 12.3. The summed E-state index contributed by atoms with van der Waals surface area (Å²) in [6, 6.07) is 14.6. The number of nitrogens with zero attached hydrogens (tertiary/aromatic N) is 3. The highest BCUT2D eigenvalue weighted by Crippen LogP contribution is 2.22. The van der Waals surface area contributed by atoms with Crippen LogP contribution in [0.2, 0.25) is 0 Å². The van der Waals surface area contributed by atoms with Gasteiger partial charge in [0.2, 0.25) is 5.13 Å². The molecule has 138 valence electrons. The fraction of sp³-hybridized carbons (Fsp3) is 0.211. The first-order chi connectivity index (χ1) is 13.0. The molecule has 0 unspecified atom stereocenters. The van der Waals surface area contributed by atoms with Gasteiger partial charge in [0.15, 0.2) is 0 Å². The standard InChI is InChI=1S/C19H18N4O3S/c1-13-10-11-15(12-16(13)23(25)26)18(24)20-19-22-21-17(27-19)9-5-8-14-6-3-2-4-7-14/h2-4,6-7,10-12H,5,8-9H2,1H3,(H,20,22,24). The molecular formula is C19H18N4O3S. The van der Waals surface area contributed by atoms with Crippen LogP contribution in [0.1, 0.15) is 32.9 Å². The molecule has 1 amide bonds. The van der Waals surface area contributed by atoms with Crippen LogP contribution in [0.25, 0.3) is 0 Å². The molecule has 7 nitrogen and oxygen atoms in total. The predicted octanol–water partition coefficient (Wildman–Crippen LogP) is 4.18. The molecule has 0 aliphatic carbocycles. The summed E-state index contributed by atoms with van der Waals surface area (Å²) in [5.74, 6) is -0.440.